The number of aliphatic hydroxyl groups excluding tert-OH is 1. The first-order valence-corrected chi connectivity index (χ1v) is 8.25. The number of carbonyl (C=O) groups is 1. The van der Waals surface area contributed by atoms with Crippen LogP contribution < -0.4 is 0 Å². The van der Waals surface area contributed by atoms with Gasteiger partial charge in [0.2, 0.25) is 0 Å². The fourth-order valence-corrected chi connectivity index (χ4v) is 3.14. The monoisotopic (exact) mass is 367 g/mol. The Labute approximate surface area is 139 Å². The van der Waals surface area contributed by atoms with E-state index in [0.717, 1.165) is 12.0 Å². The van der Waals surface area contributed by atoms with E-state index in [1.165, 1.54) is 0 Å². The van der Waals surface area contributed by atoms with Crippen molar-refractivity contribution in [2.24, 2.45) is 5.92 Å². The van der Waals surface area contributed by atoms with E-state index in [1.54, 1.807) is 24.0 Å². The van der Waals surface area contributed by atoms with E-state index in [2.05, 4.69) is 15.6 Å². The summed E-state index contributed by atoms with van der Waals surface area (Å²) in [7, 11) is 0. The van der Waals surface area contributed by atoms with E-state index < -0.39 is 12.0 Å². The van der Waals surface area contributed by atoms with Gasteiger partial charge in [0.05, 0.1) is 0 Å². The van der Waals surface area contributed by atoms with Gasteiger partial charge in [-0.1, -0.05) is 0 Å². The summed E-state index contributed by atoms with van der Waals surface area (Å²) in [5, 5.41) is 10.0. The number of benzene rings is 1. The summed E-state index contributed by atoms with van der Waals surface area (Å²) in [5.41, 5.74) is 1.16. The van der Waals surface area contributed by atoms with Gasteiger partial charge in [0.15, 0.2) is 0 Å². The molecule has 118 valence electrons. The standard InChI is InChI=1S/C17H21NO3Se/c1-3-7-15(19)12(2)16(20)18-14(11-21-17(18)22)10-13-8-5-4-6-9-13/h3-9,12,14-15,19H,10-11H2,1-2H3/t12?,14-,15?/m0/s1. The summed E-state index contributed by atoms with van der Waals surface area (Å²) in [6, 6.07) is 9.97. The van der Waals surface area contributed by atoms with E-state index >= 15 is 0 Å². The van der Waals surface area contributed by atoms with Gasteiger partial charge in [-0.3, -0.25) is 0 Å². The second-order valence-electron chi connectivity index (χ2n) is 5.43. The van der Waals surface area contributed by atoms with Crippen molar-refractivity contribution >= 4 is 26.2 Å². The molecular formula is C17H21NO3Se. The third-order valence-corrected chi connectivity index (χ3v) is 4.46. The summed E-state index contributed by atoms with van der Waals surface area (Å²) < 4.78 is 6.02. The quantitative estimate of drug-likeness (QED) is 0.631. The molecule has 1 aromatic carbocycles. The van der Waals surface area contributed by atoms with Gasteiger partial charge < -0.3 is 0 Å². The van der Waals surface area contributed by atoms with Crippen molar-refractivity contribution in [2.75, 3.05) is 6.61 Å². The molecule has 0 aliphatic carbocycles. The van der Waals surface area contributed by atoms with Gasteiger partial charge in [-0.15, -0.1) is 0 Å². The maximum absolute atomic E-state index is 12.7. The normalized spacial score (nSPS) is 21.0. The van der Waals surface area contributed by atoms with Crippen LogP contribution in [0.3, 0.4) is 0 Å². The molecule has 1 aliphatic rings. The van der Waals surface area contributed by atoms with E-state index in [9.17, 15) is 9.90 Å². The first kappa shape index (κ1) is 16.9. The van der Waals surface area contributed by atoms with Gasteiger partial charge in [-0.2, -0.15) is 0 Å². The number of rotatable bonds is 5. The molecule has 0 spiro atoms. The first-order chi connectivity index (χ1) is 10.5. The molecule has 3 atom stereocenters. The molecule has 1 aliphatic heterocycles. The predicted octanol–water partition coefficient (Wildman–Crippen LogP) is 1.29. The molecule has 0 radical (unpaired) electrons. The molecule has 1 amide bonds. The molecule has 1 N–H and O–H groups in total. The van der Waals surface area contributed by atoms with Gasteiger partial charge in [0.25, 0.3) is 0 Å². The SMILES string of the molecule is CC=CC(O)C(C)C(=O)N1C(=[Se])OC[C@@H]1Cc1ccccc1. The third kappa shape index (κ3) is 3.86. The van der Waals surface area contributed by atoms with Crippen molar-refractivity contribution in [3.05, 3.63) is 48.0 Å². The molecule has 1 saturated heterocycles. The molecule has 1 heterocycles. The van der Waals surface area contributed by atoms with E-state index in [0.29, 0.717) is 11.3 Å². The molecule has 1 aromatic rings. The van der Waals surface area contributed by atoms with Crippen molar-refractivity contribution in [3.8, 4) is 0 Å². The number of hydrogen-bond donors (Lipinski definition) is 1. The number of hydrogen-bond acceptors (Lipinski definition) is 3. The zero-order valence-corrected chi connectivity index (χ0v) is 14.5. The van der Waals surface area contributed by atoms with Gasteiger partial charge >= 0.3 is 139 Å². The molecule has 4 nitrogen and oxygen atoms in total. The number of allylic oxidation sites excluding steroid dienone is 1. The number of ether oxygens (including phenoxy) is 1. The van der Waals surface area contributed by atoms with Crippen LogP contribution in [-0.4, -0.2) is 55.0 Å². The predicted molar refractivity (Wildman–Crippen MR) is 87.5 cm³/mol. The van der Waals surface area contributed by atoms with Gasteiger partial charge in [0.1, 0.15) is 0 Å². The third-order valence-electron chi connectivity index (χ3n) is 3.80. The van der Waals surface area contributed by atoms with Crippen molar-refractivity contribution in [2.45, 2.75) is 32.4 Å². The Hall–Kier alpha value is -1.42. The van der Waals surface area contributed by atoms with Crippen LogP contribution in [0.1, 0.15) is 19.4 Å². The summed E-state index contributed by atoms with van der Waals surface area (Å²) in [6.07, 6.45) is 3.32. The molecular weight excluding hydrogens is 345 g/mol. The number of amides is 1. The minimum absolute atomic E-state index is 0.0496. The van der Waals surface area contributed by atoms with Crippen LogP contribution in [0.5, 0.6) is 0 Å². The Morgan fingerprint density at radius 3 is 2.82 bits per heavy atom. The molecule has 0 bridgehead atoms. The molecule has 1 fully saturated rings. The van der Waals surface area contributed by atoms with E-state index in [-0.39, 0.29) is 11.9 Å². The van der Waals surface area contributed by atoms with Crippen LogP contribution in [0, 0.1) is 5.92 Å². The Bertz CT molecular complexity index is 558. The summed E-state index contributed by atoms with van der Waals surface area (Å²) in [4.78, 5) is 14.3. The topological polar surface area (TPSA) is 49.8 Å². The second kappa shape index (κ2) is 7.72. The zero-order valence-electron chi connectivity index (χ0n) is 12.8. The van der Waals surface area contributed by atoms with Crippen molar-refractivity contribution < 1.29 is 14.6 Å². The average molecular weight is 366 g/mol. The van der Waals surface area contributed by atoms with Gasteiger partial charge in [0, 0.05) is 0 Å². The summed E-state index contributed by atoms with van der Waals surface area (Å²) >= 11 is 2.81. The molecule has 22 heavy (non-hydrogen) atoms. The van der Waals surface area contributed by atoms with Gasteiger partial charge in [-0.05, 0) is 0 Å². The van der Waals surface area contributed by atoms with Crippen LogP contribution in [0.2, 0.25) is 0 Å². The molecule has 5 heteroatoms. The molecule has 2 unspecified atom stereocenters. The molecule has 0 aromatic heterocycles. The molecule has 0 saturated carbocycles. The van der Waals surface area contributed by atoms with Gasteiger partial charge in [-0.25, -0.2) is 0 Å². The van der Waals surface area contributed by atoms with Crippen molar-refractivity contribution in [3.63, 3.8) is 0 Å². The zero-order chi connectivity index (χ0) is 16.1. The number of aliphatic hydroxyl groups is 1. The van der Waals surface area contributed by atoms with E-state index in [4.69, 9.17) is 4.74 Å². The Balaban J connectivity index is 2.12. The molecule has 2 rings (SSSR count). The Morgan fingerprint density at radius 1 is 1.50 bits per heavy atom. The van der Waals surface area contributed by atoms with E-state index in [1.807, 2.05) is 37.3 Å². The van der Waals surface area contributed by atoms with Crippen LogP contribution >= 0.6 is 0 Å². The maximum atomic E-state index is 12.7. The van der Waals surface area contributed by atoms with Crippen LogP contribution in [0.15, 0.2) is 42.5 Å². The Morgan fingerprint density at radius 2 is 2.18 bits per heavy atom. The first-order valence-electron chi connectivity index (χ1n) is 7.39. The van der Waals surface area contributed by atoms with Crippen molar-refractivity contribution in [1.82, 2.24) is 4.90 Å². The van der Waals surface area contributed by atoms with Crippen LogP contribution in [0.25, 0.3) is 0 Å². The second-order valence-corrected chi connectivity index (χ2v) is 6.17. The van der Waals surface area contributed by atoms with Crippen molar-refractivity contribution in [1.29, 1.82) is 0 Å². The van der Waals surface area contributed by atoms with Crippen LogP contribution in [-0.2, 0) is 16.0 Å². The fraction of sp³-hybridized carbons (Fsp3) is 0.412. The number of nitrogens with zero attached hydrogens (tertiary/aromatic N) is 1. The Kier molecular flexibility index (Phi) is 5.95. The fourth-order valence-electron chi connectivity index (χ4n) is 2.50. The van der Waals surface area contributed by atoms with Crippen LogP contribution in [0.4, 0.5) is 0 Å². The minimum atomic E-state index is -0.789. The number of carbonyl (C=O) groups excluding carboxylic acids is 1. The average Bonchev–Trinajstić information content (AvgIpc) is 2.87. The summed E-state index contributed by atoms with van der Waals surface area (Å²) in [6.45, 7) is 4.02. The summed E-state index contributed by atoms with van der Waals surface area (Å²) in [5.74, 6) is -0.641.